The Morgan fingerprint density at radius 2 is 0.943 bits per heavy atom. The van der Waals surface area contributed by atoms with Crippen LogP contribution in [-0.4, -0.2) is 145 Å². The number of halogens is 3. The number of allylic oxidation sites excluding steroid dienone is 2. The van der Waals surface area contributed by atoms with Crippen LogP contribution in [0.2, 0.25) is 6.82 Å². The normalized spacial score (nSPS) is 21.6. The quantitative estimate of drug-likeness (QED) is 0.113. The third-order valence-corrected chi connectivity index (χ3v) is 12.8. The number of Topliss-reactive ketones (excluding diaryl/α,β-unsaturated/α-hetero) is 1. The summed E-state index contributed by atoms with van der Waals surface area (Å²) in [6, 6.07) is 0. The molecule has 0 atom stereocenters. The molecule has 0 saturated carbocycles. The van der Waals surface area contributed by atoms with Crippen LogP contribution in [0.1, 0.15) is 163 Å². The second kappa shape index (κ2) is 24.0. The molecular formula is C47H82B2F3N3O14S. The van der Waals surface area contributed by atoms with Crippen molar-refractivity contribution >= 4 is 48.4 Å². The van der Waals surface area contributed by atoms with Crippen molar-refractivity contribution < 1.29 is 77.8 Å². The molecule has 0 spiro atoms. The average Bonchev–Trinajstić information content (AvgIpc) is 3.45. The maximum atomic E-state index is 12.3. The SMILES string of the molecule is CB1OC(C)(C)C(C)(C)O1.CC(C)(C)OC(=O)N1CC=C(B2OC(C)(C)C(C)(C)O2)CCC1.CC(C)(C)OC(=O)N1CC=C(OS(=O)(=O)C(F)(F)F)CCC1.CC(C)(C)OC(=O)N1CCCC(=O)CC1. The molecule has 0 bridgehead atoms. The van der Waals surface area contributed by atoms with Gasteiger partial charge in [0.15, 0.2) is 0 Å². The fourth-order valence-electron chi connectivity index (χ4n) is 6.81. The number of carbonyl (C=O) groups excluding carboxylic acids is 4. The summed E-state index contributed by atoms with van der Waals surface area (Å²) in [7, 11) is -6.07. The van der Waals surface area contributed by atoms with Crippen LogP contribution in [0.4, 0.5) is 27.6 Å². The van der Waals surface area contributed by atoms with Crippen LogP contribution in [0.5, 0.6) is 0 Å². The molecule has 17 nitrogen and oxygen atoms in total. The van der Waals surface area contributed by atoms with Crippen LogP contribution >= 0.6 is 0 Å². The molecule has 5 rings (SSSR count). The summed E-state index contributed by atoms with van der Waals surface area (Å²) in [4.78, 5) is 51.5. The van der Waals surface area contributed by atoms with Gasteiger partial charge in [0.05, 0.1) is 22.4 Å². The first kappa shape index (κ1) is 62.6. The van der Waals surface area contributed by atoms with Gasteiger partial charge in [0.1, 0.15) is 28.3 Å². The molecule has 5 heterocycles. The molecule has 0 radical (unpaired) electrons. The van der Waals surface area contributed by atoms with E-state index >= 15 is 0 Å². The Morgan fingerprint density at radius 1 is 0.571 bits per heavy atom. The number of likely N-dealkylation sites (tertiary alicyclic amines) is 1. The number of ketones is 1. The van der Waals surface area contributed by atoms with E-state index < -0.39 is 38.5 Å². The van der Waals surface area contributed by atoms with Gasteiger partial charge in [-0.15, -0.1) is 0 Å². The van der Waals surface area contributed by atoms with Gasteiger partial charge in [0, 0.05) is 58.5 Å². The number of ether oxygens (including phenoxy) is 3. The van der Waals surface area contributed by atoms with Gasteiger partial charge in [-0.1, -0.05) is 6.08 Å². The molecule has 0 N–H and O–H groups in total. The van der Waals surface area contributed by atoms with E-state index in [9.17, 15) is 40.8 Å². The summed E-state index contributed by atoms with van der Waals surface area (Å²) in [6.45, 7) is 37.1. The minimum atomic E-state index is -5.68. The number of nitrogens with zero attached hydrogens (tertiary/aromatic N) is 3. The minimum Gasteiger partial charge on any atom is -0.444 e. The zero-order valence-electron chi connectivity index (χ0n) is 45.1. The second-order valence-electron chi connectivity index (χ2n) is 22.8. The minimum absolute atomic E-state index is 0.0192. The first-order valence-corrected chi connectivity index (χ1v) is 25.4. The lowest BCUT2D eigenvalue weighted by molar-refractivity contribution is -0.118. The van der Waals surface area contributed by atoms with Gasteiger partial charge in [-0.2, -0.15) is 21.6 Å². The zero-order valence-corrected chi connectivity index (χ0v) is 45.9. The first-order chi connectivity index (χ1) is 31.5. The van der Waals surface area contributed by atoms with Crippen molar-refractivity contribution in [2.45, 2.75) is 214 Å². The second-order valence-corrected chi connectivity index (χ2v) is 24.3. The van der Waals surface area contributed by atoms with Gasteiger partial charge >= 0.3 is 48.1 Å². The predicted molar refractivity (Wildman–Crippen MR) is 261 cm³/mol. The number of amides is 3. The first-order valence-electron chi connectivity index (χ1n) is 24.0. The highest BCUT2D eigenvalue weighted by molar-refractivity contribution is 7.87. The molecule has 0 aromatic heterocycles. The Bertz CT molecular complexity index is 1940. The Kier molecular flexibility index (Phi) is 21.5. The van der Waals surface area contributed by atoms with E-state index in [0.29, 0.717) is 39.0 Å². The van der Waals surface area contributed by atoms with Crippen LogP contribution in [0, 0.1) is 0 Å². The largest absolute Gasteiger partial charge is 0.534 e. The topological polar surface area (TPSA) is 186 Å². The maximum Gasteiger partial charge on any atom is 0.534 e. The lowest BCUT2D eigenvalue weighted by atomic mass is 9.75. The van der Waals surface area contributed by atoms with Crippen LogP contribution < -0.4 is 0 Å². The van der Waals surface area contributed by atoms with E-state index in [1.807, 2.05) is 48.4 Å². The van der Waals surface area contributed by atoms with E-state index in [-0.39, 0.29) is 86.3 Å². The molecule has 3 amide bonds. The monoisotopic (exact) mass is 1020 g/mol. The van der Waals surface area contributed by atoms with E-state index in [1.54, 1.807) is 30.6 Å². The third-order valence-electron chi connectivity index (χ3n) is 11.8. The Morgan fingerprint density at radius 3 is 1.34 bits per heavy atom. The molecule has 0 aromatic rings. The van der Waals surface area contributed by atoms with E-state index in [4.69, 9.17) is 32.8 Å². The predicted octanol–water partition coefficient (Wildman–Crippen LogP) is 10.0. The molecule has 70 heavy (non-hydrogen) atoms. The smallest absolute Gasteiger partial charge is 0.444 e. The van der Waals surface area contributed by atoms with Crippen LogP contribution in [0.15, 0.2) is 23.4 Å². The standard InChI is InChI=1S/C17H30BNO4.C12H18F3NO5S.C11H19NO3.C7H15BO2/c1-15(2,3)21-14(20)19-11-8-9-13(10-12-19)18-22-16(4,5)17(6,7)23-18;1-11(2,3)20-10(17)16-7-4-5-9(6-8-16)21-22(18,19)12(13,14)15;1-11(2,3)15-10(14)12-7-4-5-9(13)6-8-12;1-6(2)7(3,4)10-8(5)9-6/h10H,8-9,11-12H2,1-7H3;6H,4-5,7-8H2,1-3H3;4-8H2,1-3H3;1-5H3. The van der Waals surface area contributed by atoms with Crippen molar-refractivity contribution in [1.82, 2.24) is 14.7 Å². The van der Waals surface area contributed by atoms with Gasteiger partial charge in [-0.3, -0.25) is 4.79 Å². The van der Waals surface area contributed by atoms with Gasteiger partial charge in [0.2, 0.25) is 0 Å². The van der Waals surface area contributed by atoms with Crippen molar-refractivity contribution in [2.24, 2.45) is 0 Å². The summed E-state index contributed by atoms with van der Waals surface area (Å²) in [5.41, 5.74) is -6.99. The lowest BCUT2D eigenvalue weighted by Gasteiger charge is -2.32. The van der Waals surface area contributed by atoms with E-state index in [2.05, 4.69) is 65.6 Å². The van der Waals surface area contributed by atoms with Crippen LogP contribution in [0.3, 0.4) is 0 Å². The summed E-state index contributed by atoms with van der Waals surface area (Å²) in [5, 5.41) is 0. The fraction of sp³-hybridized carbons (Fsp3) is 0.830. The van der Waals surface area contributed by atoms with Gasteiger partial charge in [-0.25, -0.2) is 14.4 Å². The number of hydrogen-bond donors (Lipinski definition) is 0. The molecule has 3 fully saturated rings. The van der Waals surface area contributed by atoms with E-state index in [0.717, 1.165) is 30.8 Å². The fourth-order valence-corrected chi connectivity index (χ4v) is 7.34. The lowest BCUT2D eigenvalue weighted by Crippen LogP contribution is -2.41. The molecule has 23 heteroatoms. The molecule has 0 aliphatic carbocycles. The summed E-state index contributed by atoms with van der Waals surface area (Å²) in [5.74, 6) is -0.0931. The van der Waals surface area contributed by atoms with Crippen molar-refractivity contribution in [3.05, 3.63) is 23.4 Å². The van der Waals surface area contributed by atoms with Gasteiger partial charge < -0.3 is 51.7 Å². The molecule has 402 valence electrons. The summed E-state index contributed by atoms with van der Waals surface area (Å²) in [6.07, 6.45) is 5.79. The molecule has 3 saturated heterocycles. The van der Waals surface area contributed by atoms with Crippen LogP contribution in [-0.2, 0) is 51.9 Å². The van der Waals surface area contributed by atoms with Crippen LogP contribution in [0.25, 0.3) is 0 Å². The highest BCUT2D eigenvalue weighted by Crippen LogP contribution is 2.40. The Balaban J connectivity index is 0.000000333. The number of hydrogen-bond acceptors (Lipinski definition) is 14. The highest BCUT2D eigenvalue weighted by Gasteiger charge is 2.53. The van der Waals surface area contributed by atoms with Crippen molar-refractivity contribution in [2.75, 3.05) is 39.3 Å². The third kappa shape index (κ3) is 20.5. The Labute approximate surface area is 416 Å². The summed E-state index contributed by atoms with van der Waals surface area (Å²) < 4.78 is 102. The molecule has 0 unspecified atom stereocenters. The van der Waals surface area contributed by atoms with Crippen molar-refractivity contribution in [1.29, 1.82) is 0 Å². The van der Waals surface area contributed by atoms with E-state index in [1.165, 1.54) is 4.90 Å². The Hall–Kier alpha value is -3.53. The van der Waals surface area contributed by atoms with Crippen molar-refractivity contribution in [3.63, 3.8) is 0 Å². The van der Waals surface area contributed by atoms with Gasteiger partial charge in [0.25, 0.3) is 0 Å². The van der Waals surface area contributed by atoms with Crippen molar-refractivity contribution in [3.8, 4) is 0 Å². The highest BCUT2D eigenvalue weighted by atomic mass is 32.2. The summed E-state index contributed by atoms with van der Waals surface area (Å²) >= 11 is 0. The molecule has 5 aliphatic heterocycles. The number of rotatable bonds is 3. The molecule has 5 aliphatic rings. The zero-order chi connectivity index (χ0) is 54.1. The maximum absolute atomic E-state index is 12.3. The number of carbonyl (C=O) groups is 4. The molecular weight excluding hydrogens is 941 g/mol. The average molecular weight is 1020 g/mol. The molecule has 0 aromatic carbocycles. The van der Waals surface area contributed by atoms with Gasteiger partial charge in [-0.05, 0) is 162 Å². The number of alkyl halides is 3.